The molecule has 1 aromatic carbocycles. The molecule has 3 nitrogen and oxygen atoms in total. The Morgan fingerprint density at radius 1 is 1.33 bits per heavy atom. The van der Waals surface area contributed by atoms with Gasteiger partial charge in [-0.25, -0.2) is 0 Å². The van der Waals surface area contributed by atoms with E-state index in [2.05, 4.69) is 29.6 Å². The lowest BCUT2D eigenvalue weighted by Crippen LogP contribution is -2.42. The van der Waals surface area contributed by atoms with E-state index in [0.29, 0.717) is 11.8 Å². The molecule has 1 aromatic rings. The zero-order valence-corrected chi connectivity index (χ0v) is 11.2. The van der Waals surface area contributed by atoms with Crippen LogP contribution < -0.4 is 5.32 Å². The number of amides is 1. The fourth-order valence-electron chi connectivity index (χ4n) is 2.71. The Balaban J connectivity index is 1.63. The topological polar surface area (TPSA) is 32.3 Å². The second-order valence-corrected chi connectivity index (χ2v) is 6.02. The summed E-state index contributed by atoms with van der Waals surface area (Å²) in [7, 11) is 0. The fourth-order valence-corrected chi connectivity index (χ4v) is 3.67. The van der Waals surface area contributed by atoms with Gasteiger partial charge < -0.3 is 10.2 Å². The average molecular weight is 262 g/mol. The van der Waals surface area contributed by atoms with Crippen molar-refractivity contribution >= 4 is 17.7 Å². The summed E-state index contributed by atoms with van der Waals surface area (Å²) in [6.07, 6.45) is 0.935. The lowest BCUT2D eigenvalue weighted by atomic mass is 9.96. The Morgan fingerprint density at radius 3 is 2.89 bits per heavy atom. The molecular weight excluding hydrogens is 244 g/mol. The maximum absolute atomic E-state index is 12.3. The van der Waals surface area contributed by atoms with Crippen molar-refractivity contribution in [3.05, 3.63) is 35.9 Å². The van der Waals surface area contributed by atoms with Crippen LogP contribution in [0.4, 0.5) is 0 Å². The minimum Gasteiger partial charge on any atom is -0.331 e. The Kier molecular flexibility index (Phi) is 3.57. The smallest absolute Gasteiger partial charge is 0.240 e. The molecule has 2 saturated heterocycles. The highest BCUT2D eigenvalue weighted by atomic mass is 32.2. The first kappa shape index (κ1) is 12.1. The predicted octanol–water partition coefficient (Wildman–Crippen LogP) is 1.67. The summed E-state index contributed by atoms with van der Waals surface area (Å²) in [5.74, 6) is 2.72. The molecule has 0 aliphatic carbocycles. The fraction of sp³-hybridized carbons (Fsp3) is 0.500. The first-order valence-electron chi connectivity index (χ1n) is 6.49. The Hall–Kier alpha value is -1.00. The average Bonchev–Trinajstić information content (AvgIpc) is 3.10. The van der Waals surface area contributed by atoms with Crippen LogP contribution >= 0.6 is 11.8 Å². The van der Waals surface area contributed by atoms with Crippen molar-refractivity contribution in [3.8, 4) is 0 Å². The van der Waals surface area contributed by atoms with E-state index in [1.807, 2.05) is 22.7 Å². The standard InChI is InChI=1S/C14H18N2OS/c17-14(16-6-7-18-10-16)13-8-12(9-15-13)11-4-2-1-3-5-11/h1-5,12-13,15H,6-10H2/t12-,13+/m1/s1. The molecule has 1 N–H and O–H groups in total. The van der Waals surface area contributed by atoms with E-state index in [1.54, 1.807) is 0 Å². The molecule has 0 unspecified atom stereocenters. The highest BCUT2D eigenvalue weighted by molar-refractivity contribution is 7.99. The SMILES string of the molecule is O=C([C@@H]1C[C@@H](c2ccccc2)CN1)N1CCSC1. The van der Waals surface area contributed by atoms with Gasteiger partial charge in [0.15, 0.2) is 0 Å². The van der Waals surface area contributed by atoms with E-state index in [9.17, 15) is 4.79 Å². The summed E-state index contributed by atoms with van der Waals surface area (Å²) in [6.45, 7) is 1.83. The number of nitrogens with one attached hydrogen (secondary N) is 1. The van der Waals surface area contributed by atoms with Gasteiger partial charge in [0.2, 0.25) is 5.91 Å². The summed E-state index contributed by atoms with van der Waals surface area (Å²) in [4.78, 5) is 14.3. The molecule has 0 radical (unpaired) electrons. The van der Waals surface area contributed by atoms with E-state index < -0.39 is 0 Å². The van der Waals surface area contributed by atoms with Crippen molar-refractivity contribution in [2.45, 2.75) is 18.4 Å². The number of thioether (sulfide) groups is 1. The molecule has 2 atom stereocenters. The number of rotatable bonds is 2. The summed E-state index contributed by atoms with van der Waals surface area (Å²) in [6, 6.07) is 10.5. The third kappa shape index (κ3) is 2.40. The predicted molar refractivity (Wildman–Crippen MR) is 74.6 cm³/mol. The molecule has 0 bridgehead atoms. The second-order valence-electron chi connectivity index (χ2n) is 4.94. The van der Waals surface area contributed by atoms with Gasteiger partial charge in [-0.3, -0.25) is 4.79 Å². The number of hydrogen-bond donors (Lipinski definition) is 1. The molecule has 2 aliphatic heterocycles. The first-order chi connectivity index (χ1) is 8.84. The first-order valence-corrected chi connectivity index (χ1v) is 7.65. The lowest BCUT2D eigenvalue weighted by Gasteiger charge is -2.19. The molecule has 1 amide bonds. The number of nitrogens with zero attached hydrogens (tertiary/aromatic N) is 1. The molecule has 3 rings (SSSR count). The van der Waals surface area contributed by atoms with E-state index in [0.717, 1.165) is 31.1 Å². The van der Waals surface area contributed by atoms with Crippen molar-refractivity contribution in [2.75, 3.05) is 24.7 Å². The molecule has 0 saturated carbocycles. The molecule has 18 heavy (non-hydrogen) atoms. The normalized spacial score (nSPS) is 27.7. The molecule has 2 heterocycles. The monoisotopic (exact) mass is 262 g/mol. The van der Waals surface area contributed by atoms with Crippen LogP contribution in [0, 0.1) is 0 Å². The van der Waals surface area contributed by atoms with Crippen molar-refractivity contribution in [1.29, 1.82) is 0 Å². The lowest BCUT2D eigenvalue weighted by molar-refractivity contribution is -0.131. The molecular formula is C14H18N2OS. The van der Waals surface area contributed by atoms with Crippen molar-refractivity contribution in [1.82, 2.24) is 10.2 Å². The second kappa shape index (κ2) is 5.33. The quantitative estimate of drug-likeness (QED) is 0.880. The summed E-state index contributed by atoms with van der Waals surface area (Å²) in [5.41, 5.74) is 1.34. The highest BCUT2D eigenvalue weighted by Crippen LogP contribution is 2.27. The Bertz CT molecular complexity index is 417. The highest BCUT2D eigenvalue weighted by Gasteiger charge is 2.33. The van der Waals surface area contributed by atoms with Crippen LogP contribution in [0.3, 0.4) is 0 Å². The third-order valence-corrected chi connectivity index (χ3v) is 4.73. The van der Waals surface area contributed by atoms with Gasteiger partial charge in [-0.05, 0) is 17.9 Å². The van der Waals surface area contributed by atoms with E-state index in [4.69, 9.17) is 0 Å². The molecule has 0 spiro atoms. The maximum Gasteiger partial charge on any atom is 0.240 e. The van der Waals surface area contributed by atoms with Gasteiger partial charge in [-0.1, -0.05) is 30.3 Å². The summed E-state index contributed by atoms with van der Waals surface area (Å²) < 4.78 is 0. The summed E-state index contributed by atoms with van der Waals surface area (Å²) in [5, 5.41) is 3.38. The van der Waals surface area contributed by atoms with E-state index in [1.165, 1.54) is 5.56 Å². The molecule has 2 aliphatic rings. The van der Waals surface area contributed by atoms with Crippen LogP contribution in [0.25, 0.3) is 0 Å². The van der Waals surface area contributed by atoms with Crippen LogP contribution in [-0.2, 0) is 4.79 Å². The van der Waals surface area contributed by atoms with Crippen molar-refractivity contribution in [2.24, 2.45) is 0 Å². The molecule has 96 valence electrons. The zero-order chi connectivity index (χ0) is 12.4. The van der Waals surface area contributed by atoms with Gasteiger partial charge in [0.1, 0.15) is 0 Å². The maximum atomic E-state index is 12.3. The largest absolute Gasteiger partial charge is 0.331 e. The summed E-state index contributed by atoms with van der Waals surface area (Å²) >= 11 is 1.84. The molecule has 4 heteroatoms. The van der Waals surface area contributed by atoms with Crippen molar-refractivity contribution < 1.29 is 4.79 Å². The van der Waals surface area contributed by atoms with Gasteiger partial charge >= 0.3 is 0 Å². The third-order valence-electron chi connectivity index (χ3n) is 3.76. The van der Waals surface area contributed by atoms with Crippen LogP contribution in [-0.4, -0.2) is 41.6 Å². The van der Waals surface area contributed by atoms with Crippen LogP contribution in [0.1, 0.15) is 17.9 Å². The van der Waals surface area contributed by atoms with Gasteiger partial charge in [0.25, 0.3) is 0 Å². The van der Waals surface area contributed by atoms with Gasteiger partial charge in [0.05, 0.1) is 11.9 Å². The zero-order valence-electron chi connectivity index (χ0n) is 10.3. The number of carbonyl (C=O) groups excluding carboxylic acids is 1. The minimum absolute atomic E-state index is 0.0221. The number of carbonyl (C=O) groups is 1. The minimum atomic E-state index is 0.0221. The van der Waals surface area contributed by atoms with Gasteiger partial charge in [0, 0.05) is 18.8 Å². The van der Waals surface area contributed by atoms with E-state index >= 15 is 0 Å². The Labute approximate surface area is 112 Å². The van der Waals surface area contributed by atoms with E-state index in [-0.39, 0.29) is 6.04 Å². The van der Waals surface area contributed by atoms with Crippen LogP contribution in [0.5, 0.6) is 0 Å². The number of benzene rings is 1. The van der Waals surface area contributed by atoms with Gasteiger partial charge in [-0.15, -0.1) is 11.8 Å². The van der Waals surface area contributed by atoms with Crippen LogP contribution in [0.15, 0.2) is 30.3 Å². The molecule has 2 fully saturated rings. The molecule has 0 aromatic heterocycles. The number of hydrogen-bond acceptors (Lipinski definition) is 3. The Morgan fingerprint density at radius 2 is 2.17 bits per heavy atom. The van der Waals surface area contributed by atoms with Gasteiger partial charge in [-0.2, -0.15) is 0 Å². The van der Waals surface area contributed by atoms with Crippen LogP contribution in [0.2, 0.25) is 0 Å². The van der Waals surface area contributed by atoms with Crippen molar-refractivity contribution in [3.63, 3.8) is 0 Å².